The summed E-state index contributed by atoms with van der Waals surface area (Å²) in [6.07, 6.45) is 12.2. The molecule has 0 unspecified atom stereocenters. The zero-order valence-electron chi connectivity index (χ0n) is 15.2. The molecule has 0 spiro atoms. The molecule has 0 aromatic rings. The Balaban J connectivity index is 1.68. The number of carbonyl (C=O) groups excluding carboxylic acids is 1. The molecule has 24 heavy (non-hydrogen) atoms. The van der Waals surface area contributed by atoms with Crippen LogP contribution in [0.2, 0.25) is 0 Å². The van der Waals surface area contributed by atoms with Crippen LogP contribution in [0.3, 0.4) is 0 Å². The van der Waals surface area contributed by atoms with Gasteiger partial charge in [0.15, 0.2) is 0 Å². The van der Waals surface area contributed by atoms with Crippen LogP contribution in [0, 0.1) is 29.1 Å². The van der Waals surface area contributed by atoms with Gasteiger partial charge in [0, 0.05) is 5.92 Å². The summed E-state index contributed by atoms with van der Waals surface area (Å²) in [5, 5.41) is 10.1. The lowest BCUT2D eigenvalue weighted by molar-refractivity contribution is -0.109. The van der Waals surface area contributed by atoms with Crippen molar-refractivity contribution in [2.24, 2.45) is 29.1 Å². The molecule has 2 saturated carbocycles. The fourth-order valence-corrected chi connectivity index (χ4v) is 6.28. The molecule has 0 heterocycles. The maximum absolute atomic E-state index is 11.3. The smallest absolute Gasteiger partial charge is 0.127 e. The van der Waals surface area contributed by atoms with E-state index in [0.717, 1.165) is 43.8 Å². The monoisotopic (exact) mass is 326 g/mol. The number of hydrogen-bond donors (Lipinski definition) is 1. The summed E-state index contributed by atoms with van der Waals surface area (Å²) in [6, 6.07) is 0. The van der Waals surface area contributed by atoms with Crippen LogP contribution in [0.4, 0.5) is 0 Å². The fourth-order valence-electron chi connectivity index (χ4n) is 6.28. The van der Waals surface area contributed by atoms with Crippen molar-refractivity contribution in [2.45, 2.75) is 65.4 Å². The van der Waals surface area contributed by atoms with Gasteiger partial charge in [0.05, 0.1) is 6.10 Å². The van der Waals surface area contributed by atoms with Gasteiger partial charge < -0.3 is 9.90 Å². The predicted octanol–water partition coefficient (Wildman–Crippen LogP) is 4.60. The summed E-state index contributed by atoms with van der Waals surface area (Å²) < 4.78 is 0. The lowest BCUT2D eigenvalue weighted by Gasteiger charge is -2.48. The zero-order chi connectivity index (χ0) is 17.1. The number of allylic oxidation sites excluding steroid dienone is 5. The molecule has 0 amide bonds. The summed E-state index contributed by atoms with van der Waals surface area (Å²) in [4.78, 5) is 11.3. The average molecular weight is 326 g/mol. The third-order valence-corrected chi connectivity index (χ3v) is 7.76. The molecule has 2 nitrogen and oxygen atoms in total. The van der Waals surface area contributed by atoms with Gasteiger partial charge in [-0.25, -0.2) is 0 Å². The van der Waals surface area contributed by atoms with Crippen molar-refractivity contribution in [2.75, 3.05) is 0 Å². The number of aldehydes is 1. The van der Waals surface area contributed by atoms with Crippen LogP contribution in [0.25, 0.3) is 0 Å². The third kappa shape index (κ3) is 2.22. The molecule has 0 aliphatic heterocycles. The molecule has 2 fully saturated rings. The van der Waals surface area contributed by atoms with E-state index in [1.54, 1.807) is 5.57 Å². The van der Waals surface area contributed by atoms with Gasteiger partial charge in [-0.2, -0.15) is 0 Å². The Kier molecular flexibility index (Phi) is 3.87. The molecule has 4 aliphatic rings. The van der Waals surface area contributed by atoms with E-state index in [0.29, 0.717) is 5.92 Å². The fraction of sp³-hybridized carbons (Fsp3) is 0.682. The number of fused-ring (bicyclic) bond motifs is 5. The minimum absolute atomic E-state index is 0.0233. The van der Waals surface area contributed by atoms with E-state index < -0.39 is 0 Å². The van der Waals surface area contributed by atoms with E-state index in [4.69, 9.17) is 0 Å². The van der Waals surface area contributed by atoms with Gasteiger partial charge in [-0.05, 0) is 79.8 Å². The van der Waals surface area contributed by atoms with E-state index in [9.17, 15) is 9.90 Å². The van der Waals surface area contributed by atoms with E-state index in [-0.39, 0.29) is 17.4 Å². The molecule has 0 aromatic heterocycles. The molecule has 4 rings (SSSR count). The largest absolute Gasteiger partial charge is 0.393 e. The first-order chi connectivity index (χ1) is 11.5. The number of carbonyl (C=O) groups is 1. The molecule has 2 heteroatoms. The summed E-state index contributed by atoms with van der Waals surface area (Å²) in [5.41, 5.74) is 6.11. The Morgan fingerprint density at radius 2 is 2.08 bits per heavy atom. The van der Waals surface area contributed by atoms with Crippen molar-refractivity contribution in [1.29, 1.82) is 0 Å². The number of hydrogen-bond acceptors (Lipinski definition) is 2. The van der Waals surface area contributed by atoms with Gasteiger partial charge in [-0.15, -0.1) is 0 Å². The minimum atomic E-state index is -0.132. The Labute approximate surface area is 145 Å². The lowest BCUT2D eigenvalue weighted by atomic mass is 9.57. The van der Waals surface area contributed by atoms with Gasteiger partial charge in [0.25, 0.3) is 0 Å². The highest BCUT2D eigenvalue weighted by Gasteiger charge is 2.53. The topological polar surface area (TPSA) is 37.3 Å². The second-order valence-corrected chi connectivity index (χ2v) is 8.83. The second kappa shape index (κ2) is 5.69. The van der Waals surface area contributed by atoms with Crippen LogP contribution < -0.4 is 0 Å². The SMILES string of the molecule is CC1=C2C[C@H]3[C@@H](CC=C4C[C@@H](O)CC[C@@]43C)[C@@H]2CC=C1[C@H](C)C=O. The first-order valence-electron chi connectivity index (χ1n) is 9.68. The Hall–Kier alpha value is -1.15. The molecule has 1 N–H and O–H groups in total. The van der Waals surface area contributed by atoms with Crippen LogP contribution in [0.1, 0.15) is 59.3 Å². The molecular weight excluding hydrogens is 296 g/mol. The Morgan fingerprint density at radius 1 is 1.29 bits per heavy atom. The highest BCUT2D eigenvalue weighted by atomic mass is 16.3. The molecule has 0 bridgehead atoms. The van der Waals surface area contributed by atoms with E-state index in [1.165, 1.54) is 29.6 Å². The van der Waals surface area contributed by atoms with Crippen molar-refractivity contribution >= 4 is 6.29 Å². The molecule has 0 radical (unpaired) electrons. The van der Waals surface area contributed by atoms with Gasteiger partial charge in [-0.3, -0.25) is 0 Å². The van der Waals surface area contributed by atoms with Crippen molar-refractivity contribution in [3.05, 3.63) is 34.4 Å². The van der Waals surface area contributed by atoms with Crippen molar-refractivity contribution in [1.82, 2.24) is 0 Å². The van der Waals surface area contributed by atoms with Crippen LogP contribution in [-0.2, 0) is 4.79 Å². The van der Waals surface area contributed by atoms with E-state index in [1.807, 2.05) is 6.92 Å². The summed E-state index contributed by atoms with van der Waals surface area (Å²) in [6.45, 7) is 6.72. The van der Waals surface area contributed by atoms with Gasteiger partial charge in [0.2, 0.25) is 0 Å². The summed E-state index contributed by atoms with van der Waals surface area (Å²) in [5.74, 6) is 2.18. The number of aliphatic hydroxyl groups excluding tert-OH is 1. The number of rotatable bonds is 2. The average Bonchev–Trinajstić information content (AvgIpc) is 2.96. The van der Waals surface area contributed by atoms with Crippen molar-refractivity contribution < 1.29 is 9.90 Å². The van der Waals surface area contributed by atoms with Gasteiger partial charge in [0.1, 0.15) is 6.29 Å². The maximum Gasteiger partial charge on any atom is 0.127 e. The quantitative estimate of drug-likeness (QED) is 0.595. The number of aliphatic hydroxyl groups is 1. The van der Waals surface area contributed by atoms with Gasteiger partial charge in [-0.1, -0.05) is 37.1 Å². The molecule has 0 aromatic carbocycles. The van der Waals surface area contributed by atoms with Crippen LogP contribution >= 0.6 is 0 Å². The zero-order valence-corrected chi connectivity index (χ0v) is 15.2. The second-order valence-electron chi connectivity index (χ2n) is 8.83. The molecule has 4 aliphatic carbocycles. The van der Waals surface area contributed by atoms with E-state index in [2.05, 4.69) is 26.0 Å². The minimum Gasteiger partial charge on any atom is -0.393 e. The summed E-state index contributed by atoms with van der Waals surface area (Å²) >= 11 is 0. The molecule has 6 atom stereocenters. The Bertz CT molecular complexity index is 653. The van der Waals surface area contributed by atoms with Crippen LogP contribution in [0.15, 0.2) is 34.4 Å². The summed E-state index contributed by atoms with van der Waals surface area (Å²) in [7, 11) is 0. The van der Waals surface area contributed by atoms with Crippen LogP contribution in [-0.4, -0.2) is 17.5 Å². The van der Waals surface area contributed by atoms with Crippen molar-refractivity contribution in [3.8, 4) is 0 Å². The van der Waals surface area contributed by atoms with Crippen molar-refractivity contribution in [3.63, 3.8) is 0 Å². The molecular formula is C22H30O2. The maximum atomic E-state index is 11.3. The first kappa shape index (κ1) is 16.3. The highest BCUT2D eigenvalue weighted by molar-refractivity contribution is 5.62. The normalized spacial score (nSPS) is 42.5. The lowest BCUT2D eigenvalue weighted by Crippen LogP contribution is -2.41. The van der Waals surface area contributed by atoms with Gasteiger partial charge >= 0.3 is 0 Å². The standard InChI is InChI=1S/C22H30O2/c1-13(12-23)17-6-7-18-19-5-4-15-10-16(24)8-9-22(15,3)21(19)11-20(18)14(17)2/h4,6,12-13,16,18-19,21,24H,5,7-11H2,1-3H3/t13-,16+,18+,19+,21+,22+/m1/s1. The Morgan fingerprint density at radius 3 is 2.83 bits per heavy atom. The first-order valence-corrected chi connectivity index (χ1v) is 9.68. The third-order valence-electron chi connectivity index (χ3n) is 7.76. The highest BCUT2D eigenvalue weighted by Crippen LogP contribution is 2.62. The van der Waals surface area contributed by atoms with E-state index >= 15 is 0 Å². The predicted molar refractivity (Wildman–Crippen MR) is 96.4 cm³/mol. The molecule has 130 valence electrons. The molecule has 0 saturated heterocycles. The van der Waals surface area contributed by atoms with Crippen LogP contribution in [0.5, 0.6) is 0 Å².